The van der Waals surface area contributed by atoms with Crippen LogP contribution in [-0.2, 0) is 0 Å². The maximum Gasteiger partial charge on any atom is 0.270 e. The third kappa shape index (κ3) is 4.41. The quantitative estimate of drug-likeness (QED) is 0.625. The molecule has 0 saturated heterocycles. The highest BCUT2D eigenvalue weighted by atomic mass is 32.2. The number of thiazole rings is 1. The molecule has 0 aliphatic heterocycles. The largest absolute Gasteiger partial charge is 0.350 e. The Balaban J connectivity index is 1.95. The summed E-state index contributed by atoms with van der Waals surface area (Å²) in [4.78, 5) is 16.1. The monoisotopic (exact) mass is 322 g/mol. The van der Waals surface area contributed by atoms with Crippen molar-refractivity contribution in [1.29, 1.82) is 0 Å². The lowest BCUT2D eigenvalue weighted by Gasteiger charge is -2.02. The predicted molar refractivity (Wildman–Crippen MR) is 87.4 cm³/mol. The first-order valence-corrected chi connectivity index (χ1v) is 8.43. The lowest BCUT2D eigenvalue weighted by molar-refractivity contribution is 0.0952. The summed E-state index contributed by atoms with van der Waals surface area (Å²) >= 11 is 2.96. The summed E-state index contributed by atoms with van der Waals surface area (Å²) in [6, 6.07) is 6.41. The van der Waals surface area contributed by atoms with Crippen LogP contribution in [0.4, 0.5) is 4.39 Å². The van der Waals surface area contributed by atoms with E-state index in [9.17, 15) is 9.18 Å². The molecule has 0 unspecified atom stereocenters. The average molecular weight is 322 g/mol. The van der Waals surface area contributed by atoms with Gasteiger partial charge in [0.25, 0.3) is 5.91 Å². The van der Waals surface area contributed by atoms with Gasteiger partial charge in [0.15, 0.2) is 0 Å². The summed E-state index contributed by atoms with van der Waals surface area (Å²) < 4.78 is 13.7. The Hall–Kier alpha value is -1.66. The van der Waals surface area contributed by atoms with Crippen molar-refractivity contribution in [3.8, 4) is 10.6 Å². The topological polar surface area (TPSA) is 42.0 Å². The number of thioether (sulfide) groups is 1. The number of benzene rings is 1. The van der Waals surface area contributed by atoms with Crippen molar-refractivity contribution in [2.45, 2.75) is 0 Å². The van der Waals surface area contributed by atoms with Crippen molar-refractivity contribution in [3.05, 3.63) is 53.8 Å². The molecule has 3 nitrogen and oxygen atoms in total. The van der Waals surface area contributed by atoms with Gasteiger partial charge in [0.2, 0.25) is 0 Å². The molecule has 2 aromatic rings. The number of carbonyl (C=O) groups is 1. The number of aromatic nitrogens is 1. The highest BCUT2D eigenvalue weighted by molar-refractivity contribution is 7.99. The number of nitrogens with one attached hydrogen (secondary N) is 1. The minimum absolute atomic E-state index is 0.229. The Labute approximate surface area is 131 Å². The molecule has 2 rings (SSSR count). The molecule has 0 atom stereocenters. The zero-order valence-corrected chi connectivity index (χ0v) is 13.0. The zero-order chi connectivity index (χ0) is 15.1. The van der Waals surface area contributed by atoms with E-state index in [4.69, 9.17) is 0 Å². The van der Waals surface area contributed by atoms with E-state index >= 15 is 0 Å². The summed E-state index contributed by atoms with van der Waals surface area (Å²) in [5, 5.41) is 4.95. The molecule has 1 heterocycles. The first kappa shape index (κ1) is 15.7. The van der Waals surface area contributed by atoms with Crippen LogP contribution in [-0.4, -0.2) is 28.9 Å². The van der Waals surface area contributed by atoms with E-state index in [1.165, 1.54) is 17.4 Å². The van der Waals surface area contributed by atoms with E-state index in [1.54, 1.807) is 35.3 Å². The summed E-state index contributed by atoms with van der Waals surface area (Å²) in [6.07, 6.45) is 1.83. The van der Waals surface area contributed by atoms with Gasteiger partial charge in [-0.15, -0.1) is 17.9 Å². The number of amides is 1. The molecule has 1 aromatic carbocycles. The molecule has 21 heavy (non-hydrogen) atoms. The normalized spacial score (nSPS) is 10.3. The van der Waals surface area contributed by atoms with Crippen LogP contribution in [0.5, 0.6) is 0 Å². The fourth-order valence-electron chi connectivity index (χ4n) is 1.63. The second-order valence-corrected chi connectivity index (χ2v) is 6.15. The van der Waals surface area contributed by atoms with Gasteiger partial charge in [0, 0.05) is 29.0 Å². The predicted octanol–water partition coefficient (Wildman–Crippen LogP) is 3.60. The average Bonchev–Trinajstić information content (AvgIpc) is 2.97. The Morgan fingerprint density at radius 3 is 3.05 bits per heavy atom. The molecular formula is C15H15FN2OS2. The van der Waals surface area contributed by atoms with Gasteiger partial charge in [-0.3, -0.25) is 4.79 Å². The third-order valence-electron chi connectivity index (χ3n) is 2.61. The number of halogens is 1. The van der Waals surface area contributed by atoms with E-state index in [-0.39, 0.29) is 11.7 Å². The van der Waals surface area contributed by atoms with E-state index < -0.39 is 0 Å². The van der Waals surface area contributed by atoms with Crippen molar-refractivity contribution >= 4 is 29.0 Å². The fourth-order valence-corrected chi connectivity index (χ4v) is 3.04. The van der Waals surface area contributed by atoms with Gasteiger partial charge in [-0.1, -0.05) is 18.2 Å². The molecule has 1 aromatic heterocycles. The van der Waals surface area contributed by atoms with Crippen LogP contribution in [0, 0.1) is 5.82 Å². The number of hydrogen-bond acceptors (Lipinski definition) is 4. The number of nitrogens with zero attached hydrogens (tertiary/aromatic N) is 1. The summed E-state index contributed by atoms with van der Waals surface area (Å²) in [6.45, 7) is 4.21. The van der Waals surface area contributed by atoms with Crippen LogP contribution in [0.2, 0.25) is 0 Å². The smallest absolute Gasteiger partial charge is 0.270 e. The molecule has 0 spiro atoms. The first-order valence-electron chi connectivity index (χ1n) is 6.39. The van der Waals surface area contributed by atoms with Crippen molar-refractivity contribution in [1.82, 2.24) is 10.3 Å². The van der Waals surface area contributed by atoms with Gasteiger partial charge in [-0.2, -0.15) is 11.8 Å². The Morgan fingerprint density at radius 1 is 1.48 bits per heavy atom. The lowest BCUT2D eigenvalue weighted by Crippen LogP contribution is -2.26. The second kappa shape index (κ2) is 7.95. The van der Waals surface area contributed by atoms with Crippen molar-refractivity contribution < 1.29 is 9.18 Å². The minimum atomic E-state index is -0.334. The van der Waals surface area contributed by atoms with Gasteiger partial charge in [0.05, 0.1) is 0 Å². The summed E-state index contributed by atoms with van der Waals surface area (Å²) in [5.74, 6) is 1.12. The van der Waals surface area contributed by atoms with Crippen LogP contribution >= 0.6 is 23.1 Å². The Kier molecular flexibility index (Phi) is 5.95. The van der Waals surface area contributed by atoms with E-state index in [0.717, 1.165) is 11.5 Å². The molecule has 0 fully saturated rings. The minimum Gasteiger partial charge on any atom is -0.350 e. The van der Waals surface area contributed by atoms with Crippen LogP contribution in [0.3, 0.4) is 0 Å². The molecule has 0 aliphatic rings. The standard InChI is InChI=1S/C15H15FN2OS2/c1-2-8-20-9-7-17-14(19)13-10-21-15(18-13)11-5-3-4-6-12(11)16/h2-6,10H,1,7-9H2,(H,17,19). The fraction of sp³-hybridized carbons (Fsp3) is 0.200. The SMILES string of the molecule is C=CCSCCNC(=O)c1csc(-c2ccccc2F)n1. The summed E-state index contributed by atoms with van der Waals surface area (Å²) in [5.41, 5.74) is 0.745. The third-order valence-corrected chi connectivity index (χ3v) is 4.45. The molecule has 1 amide bonds. The van der Waals surface area contributed by atoms with Gasteiger partial charge in [-0.05, 0) is 12.1 Å². The molecule has 0 aliphatic carbocycles. The number of rotatable bonds is 7. The van der Waals surface area contributed by atoms with Crippen molar-refractivity contribution in [2.75, 3.05) is 18.1 Å². The number of carbonyl (C=O) groups excluding carboxylic acids is 1. The van der Waals surface area contributed by atoms with Gasteiger partial charge >= 0.3 is 0 Å². The first-order chi connectivity index (χ1) is 10.2. The van der Waals surface area contributed by atoms with E-state index in [2.05, 4.69) is 16.9 Å². The number of hydrogen-bond donors (Lipinski definition) is 1. The van der Waals surface area contributed by atoms with Crippen molar-refractivity contribution in [2.24, 2.45) is 0 Å². The van der Waals surface area contributed by atoms with Crippen LogP contribution in [0.15, 0.2) is 42.3 Å². The second-order valence-electron chi connectivity index (χ2n) is 4.14. The molecule has 0 radical (unpaired) electrons. The van der Waals surface area contributed by atoms with Gasteiger partial charge < -0.3 is 5.32 Å². The van der Waals surface area contributed by atoms with Crippen LogP contribution in [0.1, 0.15) is 10.5 Å². The van der Waals surface area contributed by atoms with Crippen molar-refractivity contribution in [3.63, 3.8) is 0 Å². The molecule has 1 N–H and O–H groups in total. The molecule has 6 heteroatoms. The molecule has 110 valence electrons. The molecule has 0 saturated carbocycles. The summed E-state index contributed by atoms with van der Waals surface area (Å²) in [7, 11) is 0. The van der Waals surface area contributed by atoms with Crippen LogP contribution in [0.25, 0.3) is 10.6 Å². The highest BCUT2D eigenvalue weighted by Gasteiger charge is 2.13. The Bertz CT molecular complexity index is 628. The highest BCUT2D eigenvalue weighted by Crippen LogP contribution is 2.25. The van der Waals surface area contributed by atoms with Crippen LogP contribution < -0.4 is 5.32 Å². The maximum atomic E-state index is 13.7. The van der Waals surface area contributed by atoms with Gasteiger partial charge in [-0.25, -0.2) is 9.37 Å². The molecule has 0 bridgehead atoms. The van der Waals surface area contributed by atoms with E-state index in [1.807, 2.05) is 6.08 Å². The maximum absolute atomic E-state index is 13.7. The van der Waals surface area contributed by atoms with Gasteiger partial charge in [0.1, 0.15) is 16.5 Å². The van der Waals surface area contributed by atoms with E-state index in [0.29, 0.717) is 22.8 Å². The molecular weight excluding hydrogens is 307 g/mol. The lowest BCUT2D eigenvalue weighted by atomic mass is 10.2. The Morgan fingerprint density at radius 2 is 2.29 bits per heavy atom. The zero-order valence-electron chi connectivity index (χ0n) is 11.3.